The number of nitriles is 1. The first-order chi connectivity index (χ1) is 9.67. The Morgan fingerprint density at radius 1 is 1.55 bits per heavy atom. The first-order valence-corrected chi connectivity index (χ1v) is 7.48. The van der Waals surface area contributed by atoms with Crippen LogP contribution in [0.2, 0.25) is 5.02 Å². The number of esters is 1. The maximum atomic E-state index is 11.3. The van der Waals surface area contributed by atoms with Gasteiger partial charge in [-0.15, -0.1) is 11.8 Å². The molecule has 0 aliphatic carbocycles. The molecule has 0 saturated carbocycles. The van der Waals surface area contributed by atoms with Crippen molar-refractivity contribution in [1.29, 1.82) is 5.26 Å². The van der Waals surface area contributed by atoms with E-state index in [0.717, 1.165) is 10.6 Å². The number of aliphatic imine (C=N–C) groups is 1. The van der Waals surface area contributed by atoms with Gasteiger partial charge in [-0.3, -0.25) is 9.79 Å². The summed E-state index contributed by atoms with van der Waals surface area (Å²) in [5, 5.41) is 9.53. The third-order valence-electron chi connectivity index (χ3n) is 2.24. The van der Waals surface area contributed by atoms with Crippen molar-refractivity contribution in [3.05, 3.63) is 29.3 Å². The molecule has 0 heterocycles. The molecule has 0 aliphatic rings. The highest BCUT2D eigenvalue weighted by atomic mass is 35.5. The Bertz CT molecular complexity index is 497. The summed E-state index contributed by atoms with van der Waals surface area (Å²) in [7, 11) is 0. The zero-order chi connectivity index (χ0) is 14.8. The van der Waals surface area contributed by atoms with Crippen molar-refractivity contribution in [2.45, 2.75) is 11.8 Å². The molecule has 0 aromatic heterocycles. The largest absolute Gasteiger partial charge is 0.465 e. The smallest absolute Gasteiger partial charge is 0.328 e. The maximum absolute atomic E-state index is 11.3. The topological polar surface area (TPSA) is 62.5 Å². The number of carbonyl (C=O) groups is 1. The molecule has 6 heteroatoms. The zero-order valence-electron chi connectivity index (χ0n) is 11.1. The molecule has 106 valence electrons. The van der Waals surface area contributed by atoms with E-state index in [9.17, 15) is 4.79 Å². The van der Waals surface area contributed by atoms with Gasteiger partial charge < -0.3 is 4.74 Å². The van der Waals surface area contributed by atoms with Crippen LogP contribution < -0.4 is 0 Å². The third kappa shape index (κ3) is 6.09. The predicted molar refractivity (Wildman–Crippen MR) is 81.3 cm³/mol. The Morgan fingerprint density at radius 2 is 2.25 bits per heavy atom. The van der Waals surface area contributed by atoms with Crippen molar-refractivity contribution in [2.75, 3.05) is 18.9 Å². The molecule has 1 atom stereocenters. The summed E-state index contributed by atoms with van der Waals surface area (Å²) in [5.74, 6) is -0.710. The maximum Gasteiger partial charge on any atom is 0.328 e. The molecule has 0 radical (unpaired) electrons. The van der Waals surface area contributed by atoms with Crippen LogP contribution in [-0.2, 0) is 9.53 Å². The lowest BCUT2D eigenvalue weighted by atomic mass is 10.2. The van der Waals surface area contributed by atoms with Crippen molar-refractivity contribution < 1.29 is 9.53 Å². The number of thioether (sulfide) groups is 1. The van der Waals surface area contributed by atoms with E-state index in [1.807, 2.05) is 30.3 Å². The van der Waals surface area contributed by atoms with E-state index in [0.29, 0.717) is 11.6 Å². The summed E-state index contributed by atoms with van der Waals surface area (Å²) in [5.41, 5.74) is 0. The molecule has 1 aromatic carbocycles. The van der Waals surface area contributed by atoms with Gasteiger partial charge in [-0.25, -0.2) is 0 Å². The number of halogens is 1. The Labute approximate surface area is 127 Å². The zero-order valence-corrected chi connectivity index (χ0v) is 12.7. The monoisotopic (exact) mass is 310 g/mol. The standard InChI is InChI=1S/C14H15ClN2O2S/c1-2-19-14(18)11(9-16)10-17-7-8-20-13-5-3-12(15)4-6-13/h3-6,10-11H,2,7-8H2,1H3/t11-/m1/s1. The average molecular weight is 311 g/mol. The first kappa shape index (κ1) is 16.5. The van der Waals surface area contributed by atoms with Crippen molar-refractivity contribution in [1.82, 2.24) is 0 Å². The van der Waals surface area contributed by atoms with Gasteiger partial charge in [0.25, 0.3) is 0 Å². The minimum absolute atomic E-state index is 0.261. The molecular formula is C14H15ClN2O2S. The molecule has 0 fully saturated rings. The van der Waals surface area contributed by atoms with Gasteiger partial charge in [0.15, 0.2) is 5.92 Å². The fraction of sp³-hybridized carbons (Fsp3) is 0.357. The van der Waals surface area contributed by atoms with Crippen LogP contribution in [0.1, 0.15) is 6.92 Å². The Balaban J connectivity index is 2.32. The van der Waals surface area contributed by atoms with Gasteiger partial charge in [0, 0.05) is 28.4 Å². The van der Waals surface area contributed by atoms with Gasteiger partial charge in [-0.1, -0.05) is 11.6 Å². The summed E-state index contributed by atoms with van der Waals surface area (Å²) in [6.45, 7) is 2.49. The normalized spacial score (nSPS) is 12.1. The molecule has 0 amide bonds. The van der Waals surface area contributed by atoms with Crippen molar-refractivity contribution in [2.24, 2.45) is 10.9 Å². The minimum atomic E-state index is -0.921. The van der Waals surface area contributed by atoms with Crippen LogP contribution in [0.5, 0.6) is 0 Å². The fourth-order valence-corrected chi connectivity index (χ4v) is 2.19. The highest BCUT2D eigenvalue weighted by Crippen LogP contribution is 2.19. The van der Waals surface area contributed by atoms with Crippen molar-refractivity contribution >= 4 is 35.5 Å². The van der Waals surface area contributed by atoms with Crippen LogP contribution in [0.25, 0.3) is 0 Å². The van der Waals surface area contributed by atoms with Crippen molar-refractivity contribution in [3.8, 4) is 6.07 Å². The van der Waals surface area contributed by atoms with E-state index in [-0.39, 0.29) is 6.61 Å². The van der Waals surface area contributed by atoms with E-state index in [4.69, 9.17) is 21.6 Å². The van der Waals surface area contributed by atoms with Crippen LogP contribution in [0.3, 0.4) is 0 Å². The van der Waals surface area contributed by atoms with Crippen LogP contribution in [-0.4, -0.2) is 31.1 Å². The molecule has 4 nitrogen and oxygen atoms in total. The van der Waals surface area contributed by atoms with Gasteiger partial charge in [0.1, 0.15) is 0 Å². The fourth-order valence-electron chi connectivity index (χ4n) is 1.31. The highest BCUT2D eigenvalue weighted by molar-refractivity contribution is 7.99. The molecule has 0 aliphatic heterocycles. The minimum Gasteiger partial charge on any atom is -0.465 e. The van der Waals surface area contributed by atoms with E-state index in [2.05, 4.69) is 4.99 Å². The van der Waals surface area contributed by atoms with Gasteiger partial charge in [-0.05, 0) is 31.2 Å². The van der Waals surface area contributed by atoms with E-state index in [1.165, 1.54) is 6.21 Å². The number of hydrogen-bond acceptors (Lipinski definition) is 5. The number of hydrogen-bond donors (Lipinski definition) is 0. The second kappa shape index (κ2) is 9.40. The number of ether oxygens (including phenoxy) is 1. The summed E-state index contributed by atoms with van der Waals surface area (Å²) in [6.07, 6.45) is 1.35. The van der Waals surface area contributed by atoms with Crippen LogP contribution in [0.15, 0.2) is 34.2 Å². The highest BCUT2D eigenvalue weighted by Gasteiger charge is 2.15. The molecule has 0 saturated heterocycles. The molecule has 0 bridgehead atoms. The Hall–Kier alpha value is -1.51. The van der Waals surface area contributed by atoms with Crippen LogP contribution in [0.4, 0.5) is 0 Å². The number of nitrogens with zero attached hydrogens (tertiary/aromatic N) is 2. The second-order valence-electron chi connectivity index (χ2n) is 3.72. The second-order valence-corrected chi connectivity index (χ2v) is 5.32. The molecular weight excluding hydrogens is 296 g/mol. The van der Waals surface area contributed by atoms with Gasteiger partial charge in [-0.2, -0.15) is 5.26 Å². The van der Waals surface area contributed by atoms with Crippen molar-refractivity contribution in [3.63, 3.8) is 0 Å². The number of carbonyl (C=O) groups excluding carboxylic acids is 1. The molecule has 20 heavy (non-hydrogen) atoms. The Kier molecular flexibility index (Phi) is 7.78. The lowest BCUT2D eigenvalue weighted by Gasteiger charge is -2.02. The molecule has 1 rings (SSSR count). The van der Waals surface area contributed by atoms with Gasteiger partial charge in [0.2, 0.25) is 0 Å². The lowest BCUT2D eigenvalue weighted by Crippen LogP contribution is -2.17. The SMILES string of the molecule is CCOC(=O)[C@H](C#N)C=NCCSc1ccc(Cl)cc1. The summed E-state index contributed by atoms with van der Waals surface area (Å²) in [6, 6.07) is 9.40. The van der Waals surface area contributed by atoms with Gasteiger partial charge in [0.05, 0.1) is 12.7 Å². The first-order valence-electron chi connectivity index (χ1n) is 6.12. The van der Waals surface area contributed by atoms with Crippen LogP contribution in [0, 0.1) is 17.2 Å². The molecule has 0 unspecified atom stereocenters. The van der Waals surface area contributed by atoms with E-state index in [1.54, 1.807) is 18.7 Å². The number of rotatable bonds is 7. The number of benzene rings is 1. The van der Waals surface area contributed by atoms with Gasteiger partial charge >= 0.3 is 5.97 Å². The predicted octanol–water partition coefficient (Wildman–Crippen LogP) is 3.21. The molecule has 0 spiro atoms. The summed E-state index contributed by atoms with van der Waals surface area (Å²) >= 11 is 7.43. The van der Waals surface area contributed by atoms with E-state index < -0.39 is 11.9 Å². The van der Waals surface area contributed by atoms with Crippen LogP contribution >= 0.6 is 23.4 Å². The Morgan fingerprint density at radius 3 is 2.85 bits per heavy atom. The van der Waals surface area contributed by atoms with E-state index >= 15 is 0 Å². The molecule has 1 aromatic rings. The quantitative estimate of drug-likeness (QED) is 0.336. The molecule has 0 N–H and O–H groups in total. The third-order valence-corrected chi connectivity index (χ3v) is 3.48. The lowest BCUT2D eigenvalue weighted by molar-refractivity contribution is -0.143. The summed E-state index contributed by atoms with van der Waals surface area (Å²) < 4.78 is 4.76. The summed E-state index contributed by atoms with van der Waals surface area (Å²) in [4.78, 5) is 16.5. The average Bonchev–Trinajstić information content (AvgIpc) is 2.45.